The Bertz CT molecular complexity index is 538. The number of alkyl halides is 2. The third kappa shape index (κ3) is 2.74. The van der Waals surface area contributed by atoms with Gasteiger partial charge in [-0.25, -0.2) is 8.78 Å². The summed E-state index contributed by atoms with van der Waals surface area (Å²) in [5, 5.41) is 10.2. The Morgan fingerprint density at radius 3 is 2.06 bits per heavy atom. The first-order valence-corrected chi connectivity index (χ1v) is 5.70. The summed E-state index contributed by atoms with van der Waals surface area (Å²) in [6, 6.07) is 13.3. The molecule has 0 aromatic heterocycles. The maximum absolute atomic E-state index is 12.6. The van der Waals surface area contributed by atoms with Crippen molar-refractivity contribution in [2.24, 2.45) is 0 Å². The van der Waals surface area contributed by atoms with Crippen molar-refractivity contribution in [2.45, 2.75) is 19.5 Å². The van der Waals surface area contributed by atoms with Crippen molar-refractivity contribution in [3.63, 3.8) is 0 Å². The number of halogens is 2. The molecule has 2 rings (SSSR count). The van der Waals surface area contributed by atoms with Gasteiger partial charge in [0.05, 0.1) is 0 Å². The van der Waals surface area contributed by atoms with Crippen LogP contribution in [0.15, 0.2) is 48.5 Å². The van der Waals surface area contributed by atoms with Gasteiger partial charge in [-0.2, -0.15) is 0 Å². The number of hydrogen-bond donors (Lipinski definition) is 1. The first-order valence-electron chi connectivity index (χ1n) is 5.70. The lowest BCUT2D eigenvalue weighted by molar-refractivity contribution is 0.150. The van der Waals surface area contributed by atoms with E-state index in [0.717, 1.165) is 5.56 Å². The molecule has 0 aliphatic rings. The minimum atomic E-state index is -2.52. The molecular weight excluding hydrogens is 234 g/mol. The first kappa shape index (κ1) is 12.7. The van der Waals surface area contributed by atoms with Gasteiger partial charge in [-0.1, -0.05) is 48.0 Å². The number of benzene rings is 2. The molecule has 0 aliphatic carbocycles. The molecule has 18 heavy (non-hydrogen) atoms. The molecule has 0 saturated carbocycles. The molecule has 1 N–H and O–H groups in total. The summed E-state index contributed by atoms with van der Waals surface area (Å²) in [5.41, 5.74) is 2.15. The van der Waals surface area contributed by atoms with Crippen LogP contribution in [0.1, 0.15) is 34.8 Å². The minimum absolute atomic E-state index is 0.0702. The van der Waals surface area contributed by atoms with Crippen LogP contribution in [-0.4, -0.2) is 5.11 Å². The Hall–Kier alpha value is -1.74. The van der Waals surface area contributed by atoms with Crippen molar-refractivity contribution in [1.82, 2.24) is 0 Å². The summed E-state index contributed by atoms with van der Waals surface area (Å²) in [6.45, 7) is 1.92. The second-order valence-corrected chi connectivity index (χ2v) is 4.29. The van der Waals surface area contributed by atoms with Crippen molar-refractivity contribution >= 4 is 0 Å². The van der Waals surface area contributed by atoms with E-state index in [1.165, 1.54) is 18.2 Å². The summed E-state index contributed by atoms with van der Waals surface area (Å²) in [5.74, 6) is 0. The van der Waals surface area contributed by atoms with Gasteiger partial charge in [0, 0.05) is 5.56 Å². The van der Waals surface area contributed by atoms with Crippen LogP contribution in [0.5, 0.6) is 0 Å². The molecule has 0 amide bonds. The van der Waals surface area contributed by atoms with Gasteiger partial charge >= 0.3 is 0 Å². The van der Waals surface area contributed by atoms with Crippen LogP contribution in [0.4, 0.5) is 8.78 Å². The molecule has 3 heteroatoms. The number of rotatable bonds is 3. The van der Waals surface area contributed by atoms with Crippen molar-refractivity contribution < 1.29 is 13.9 Å². The van der Waals surface area contributed by atoms with Crippen LogP contribution in [0.3, 0.4) is 0 Å². The molecule has 0 saturated heterocycles. The van der Waals surface area contributed by atoms with E-state index in [4.69, 9.17) is 0 Å². The molecule has 1 atom stereocenters. The van der Waals surface area contributed by atoms with Gasteiger partial charge < -0.3 is 5.11 Å². The highest BCUT2D eigenvalue weighted by atomic mass is 19.3. The third-order valence-corrected chi connectivity index (χ3v) is 2.84. The second kappa shape index (κ2) is 5.27. The Balaban J connectivity index is 2.33. The van der Waals surface area contributed by atoms with Crippen molar-refractivity contribution in [2.75, 3.05) is 0 Å². The molecule has 0 fully saturated rings. The zero-order valence-electron chi connectivity index (χ0n) is 9.98. The lowest BCUT2D eigenvalue weighted by Crippen LogP contribution is -2.00. The van der Waals surface area contributed by atoms with Crippen molar-refractivity contribution in [3.8, 4) is 0 Å². The fraction of sp³-hybridized carbons (Fsp3) is 0.200. The Labute approximate surface area is 105 Å². The fourth-order valence-electron chi connectivity index (χ4n) is 1.90. The minimum Gasteiger partial charge on any atom is -0.384 e. The highest BCUT2D eigenvalue weighted by Crippen LogP contribution is 2.26. The molecule has 1 unspecified atom stereocenters. The maximum atomic E-state index is 12.6. The van der Waals surface area contributed by atoms with Gasteiger partial charge in [0.1, 0.15) is 6.10 Å². The molecule has 0 radical (unpaired) electrons. The maximum Gasteiger partial charge on any atom is 0.263 e. The Kier molecular flexibility index (Phi) is 3.72. The zero-order chi connectivity index (χ0) is 13.1. The fourth-order valence-corrected chi connectivity index (χ4v) is 1.90. The molecule has 0 bridgehead atoms. The average molecular weight is 248 g/mol. The predicted octanol–water partition coefficient (Wildman–Crippen LogP) is 4.01. The monoisotopic (exact) mass is 248 g/mol. The van der Waals surface area contributed by atoms with Crippen LogP contribution in [-0.2, 0) is 0 Å². The summed E-state index contributed by atoms with van der Waals surface area (Å²) in [7, 11) is 0. The van der Waals surface area contributed by atoms with Gasteiger partial charge in [0.25, 0.3) is 6.43 Å². The molecule has 0 aliphatic heterocycles. The zero-order valence-corrected chi connectivity index (χ0v) is 9.98. The molecular formula is C15H14F2O. The highest BCUT2D eigenvalue weighted by Gasteiger charge is 2.13. The van der Waals surface area contributed by atoms with Gasteiger partial charge in [0.2, 0.25) is 0 Å². The van der Waals surface area contributed by atoms with Crippen LogP contribution < -0.4 is 0 Å². The Morgan fingerprint density at radius 2 is 1.44 bits per heavy atom. The van der Waals surface area contributed by atoms with E-state index in [9.17, 15) is 13.9 Å². The van der Waals surface area contributed by atoms with Crippen molar-refractivity contribution in [3.05, 3.63) is 70.8 Å². The molecule has 94 valence electrons. The third-order valence-electron chi connectivity index (χ3n) is 2.84. The van der Waals surface area contributed by atoms with E-state index in [-0.39, 0.29) is 5.56 Å². The predicted molar refractivity (Wildman–Crippen MR) is 66.6 cm³/mol. The first-order chi connectivity index (χ1) is 8.58. The van der Waals surface area contributed by atoms with Crippen LogP contribution in [0.2, 0.25) is 0 Å². The summed E-state index contributed by atoms with van der Waals surface area (Å²) < 4.78 is 25.2. The SMILES string of the molecule is Cc1cccc(C(O)c2cccc(C(F)F)c2)c1. The molecule has 2 aromatic carbocycles. The van der Waals surface area contributed by atoms with Gasteiger partial charge in [-0.05, 0) is 24.1 Å². The average Bonchev–Trinajstić information content (AvgIpc) is 2.38. The second-order valence-electron chi connectivity index (χ2n) is 4.29. The number of aliphatic hydroxyl groups is 1. The van der Waals surface area contributed by atoms with Gasteiger partial charge in [-0.3, -0.25) is 0 Å². The standard InChI is InChI=1S/C15H14F2O/c1-10-4-2-5-11(8-10)14(18)12-6-3-7-13(9-12)15(16)17/h2-9,14-15,18H,1H3. The number of aliphatic hydroxyl groups excluding tert-OH is 1. The van der Waals surface area contributed by atoms with E-state index in [1.54, 1.807) is 12.1 Å². The molecule has 2 aromatic rings. The normalized spacial score (nSPS) is 12.7. The van der Waals surface area contributed by atoms with E-state index < -0.39 is 12.5 Å². The number of aryl methyl sites for hydroxylation is 1. The molecule has 0 heterocycles. The largest absolute Gasteiger partial charge is 0.384 e. The van der Waals surface area contributed by atoms with Crippen LogP contribution in [0.25, 0.3) is 0 Å². The lowest BCUT2D eigenvalue weighted by atomic mass is 9.98. The van der Waals surface area contributed by atoms with E-state index in [1.807, 2.05) is 25.1 Å². The van der Waals surface area contributed by atoms with E-state index >= 15 is 0 Å². The highest BCUT2D eigenvalue weighted by molar-refractivity contribution is 5.34. The van der Waals surface area contributed by atoms with E-state index in [2.05, 4.69) is 0 Å². The Morgan fingerprint density at radius 1 is 0.889 bits per heavy atom. The van der Waals surface area contributed by atoms with Crippen LogP contribution in [0, 0.1) is 6.92 Å². The van der Waals surface area contributed by atoms with E-state index in [0.29, 0.717) is 11.1 Å². The van der Waals surface area contributed by atoms with Gasteiger partial charge in [0.15, 0.2) is 0 Å². The quantitative estimate of drug-likeness (QED) is 0.870. The smallest absolute Gasteiger partial charge is 0.263 e. The topological polar surface area (TPSA) is 20.2 Å². The molecule has 0 spiro atoms. The number of hydrogen-bond acceptors (Lipinski definition) is 1. The summed E-state index contributed by atoms with van der Waals surface area (Å²) in [6.07, 6.45) is -3.39. The summed E-state index contributed by atoms with van der Waals surface area (Å²) >= 11 is 0. The summed E-state index contributed by atoms with van der Waals surface area (Å²) in [4.78, 5) is 0. The van der Waals surface area contributed by atoms with Crippen LogP contribution >= 0.6 is 0 Å². The van der Waals surface area contributed by atoms with Crippen molar-refractivity contribution in [1.29, 1.82) is 0 Å². The van der Waals surface area contributed by atoms with Gasteiger partial charge in [-0.15, -0.1) is 0 Å². The lowest BCUT2D eigenvalue weighted by Gasteiger charge is -2.13. The molecule has 1 nitrogen and oxygen atoms in total.